The van der Waals surface area contributed by atoms with Gasteiger partial charge in [0.05, 0.1) is 18.3 Å². The molecule has 0 saturated heterocycles. The van der Waals surface area contributed by atoms with Gasteiger partial charge in [-0.3, -0.25) is 0 Å². The van der Waals surface area contributed by atoms with Gasteiger partial charge in [-0.2, -0.15) is 0 Å². The van der Waals surface area contributed by atoms with Crippen molar-refractivity contribution in [3.05, 3.63) is 0 Å². The zero-order chi connectivity index (χ0) is 11.3. The second kappa shape index (κ2) is 5.83. The van der Waals surface area contributed by atoms with E-state index in [2.05, 4.69) is 12.2 Å². The van der Waals surface area contributed by atoms with Crippen molar-refractivity contribution in [2.45, 2.75) is 64.2 Å². The molecule has 1 saturated carbocycles. The van der Waals surface area contributed by atoms with E-state index in [9.17, 15) is 5.11 Å². The van der Waals surface area contributed by atoms with Crippen LogP contribution < -0.4 is 5.32 Å². The van der Waals surface area contributed by atoms with Crippen molar-refractivity contribution < 1.29 is 9.84 Å². The molecule has 0 unspecified atom stereocenters. The third-order valence-corrected chi connectivity index (χ3v) is 2.84. The van der Waals surface area contributed by atoms with Crippen molar-refractivity contribution in [3.63, 3.8) is 0 Å². The molecule has 0 heterocycles. The minimum Gasteiger partial charge on any atom is -0.388 e. The molecule has 0 atom stereocenters. The lowest BCUT2D eigenvalue weighted by molar-refractivity contribution is -0.0642. The molecule has 3 nitrogen and oxygen atoms in total. The highest BCUT2D eigenvalue weighted by molar-refractivity contribution is 4.78. The van der Waals surface area contributed by atoms with Gasteiger partial charge >= 0.3 is 0 Å². The maximum Gasteiger partial charge on any atom is 0.0824 e. The summed E-state index contributed by atoms with van der Waals surface area (Å²) in [5, 5.41) is 13.0. The summed E-state index contributed by atoms with van der Waals surface area (Å²) in [4.78, 5) is 0. The highest BCUT2D eigenvalue weighted by atomic mass is 16.5. The van der Waals surface area contributed by atoms with Crippen LogP contribution in [-0.4, -0.2) is 36.0 Å². The number of hydrogen-bond donors (Lipinski definition) is 2. The molecule has 0 aromatic heterocycles. The largest absolute Gasteiger partial charge is 0.388 e. The van der Waals surface area contributed by atoms with Crippen molar-refractivity contribution >= 4 is 0 Å². The van der Waals surface area contributed by atoms with E-state index in [1.54, 1.807) is 13.8 Å². The quantitative estimate of drug-likeness (QED) is 0.733. The van der Waals surface area contributed by atoms with Crippen LogP contribution in [0.3, 0.4) is 0 Å². The van der Waals surface area contributed by atoms with Crippen molar-refractivity contribution in [2.75, 3.05) is 13.2 Å². The van der Waals surface area contributed by atoms with Crippen LogP contribution in [0.4, 0.5) is 0 Å². The van der Waals surface area contributed by atoms with Gasteiger partial charge in [0.1, 0.15) is 0 Å². The van der Waals surface area contributed by atoms with Gasteiger partial charge in [-0.25, -0.2) is 0 Å². The van der Waals surface area contributed by atoms with Crippen LogP contribution in [0.1, 0.15) is 46.5 Å². The van der Waals surface area contributed by atoms with E-state index in [4.69, 9.17) is 4.74 Å². The number of nitrogens with one attached hydrogen (secondary N) is 1. The molecule has 1 aliphatic carbocycles. The Bertz CT molecular complexity index is 169. The minimum absolute atomic E-state index is 0.353. The molecule has 3 heteroatoms. The molecule has 0 aliphatic heterocycles. The first kappa shape index (κ1) is 12.9. The Morgan fingerprint density at radius 1 is 1.27 bits per heavy atom. The fraction of sp³-hybridized carbons (Fsp3) is 1.00. The molecule has 0 amide bonds. The summed E-state index contributed by atoms with van der Waals surface area (Å²) in [6.07, 6.45) is 4.99. The molecule has 0 aromatic rings. The summed E-state index contributed by atoms with van der Waals surface area (Å²) >= 11 is 0. The fourth-order valence-corrected chi connectivity index (χ4v) is 2.04. The maximum atomic E-state index is 9.55. The van der Waals surface area contributed by atoms with Crippen LogP contribution in [0, 0.1) is 0 Å². The van der Waals surface area contributed by atoms with Crippen molar-refractivity contribution in [1.82, 2.24) is 5.32 Å². The van der Waals surface area contributed by atoms with Gasteiger partial charge in [-0.1, -0.05) is 6.92 Å². The lowest BCUT2D eigenvalue weighted by Gasteiger charge is -2.30. The van der Waals surface area contributed by atoms with Gasteiger partial charge in [0.15, 0.2) is 0 Å². The Morgan fingerprint density at radius 3 is 2.33 bits per heavy atom. The highest BCUT2D eigenvalue weighted by Gasteiger charge is 2.23. The molecular weight excluding hydrogens is 190 g/mol. The summed E-state index contributed by atoms with van der Waals surface area (Å²) in [5.41, 5.74) is -0.696. The molecule has 2 N–H and O–H groups in total. The summed E-state index contributed by atoms with van der Waals surface area (Å²) in [5.74, 6) is 0. The van der Waals surface area contributed by atoms with Crippen LogP contribution in [-0.2, 0) is 4.74 Å². The number of aliphatic hydroxyl groups is 1. The zero-order valence-corrected chi connectivity index (χ0v) is 10.3. The van der Waals surface area contributed by atoms with Crippen LogP contribution in [0.2, 0.25) is 0 Å². The van der Waals surface area contributed by atoms with Gasteiger partial charge in [-0.05, 0) is 46.1 Å². The Kier molecular flexibility index (Phi) is 5.03. The molecule has 90 valence electrons. The smallest absolute Gasteiger partial charge is 0.0824 e. The normalized spacial score (nSPS) is 28.0. The minimum atomic E-state index is -0.696. The van der Waals surface area contributed by atoms with E-state index in [-0.39, 0.29) is 0 Å². The van der Waals surface area contributed by atoms with Crippen LogP contribution in [0.5, 0.6) is 0 Å². The van der Waals surface area contributed by atoms with Gasteiger partial charge in [-0.15, -0.1) is 0 Å². The summed E-state index contributed by atoms with van der Waals surface area (Å²) < 4.78 is 5.70. The predicted molar refractivity (Wildman–Crippen MR) is 62.0 cm³/mol. The third kappa shape index (κ3) is 5.50. The van der Waals surface area contributed by atoms with Crippen LogP contribution >= 0.6 is 0 Å². The van der Waals surface area contributed by atoms with E-state index < -0.39 is 5.60 Å². The van der Waals surface area contributed by atoms with Gasteiger partial charge in [0, 0.05) is 6.04 Å². The lowest BCUT2D eigenvalue weighted by atomic mass is 9.93. The molecule has 1 aliphatic rings. The van der Waals surface area contributed by atoms with E-state index in [1.807, 2.05) is 0 Å². The second-order valence-corrected chi connectivity index (χ2v) is 5.15. The average Bonchev–Trinajstić information content (AvgIpc) is 2.16. The van der Waals surface area contributed by atoms with Gasteiger partial charge < -0.3 is 15.2 Å². The Hall–Kier alpha value is -0.120. The Balaban J connectivity index is 2.15. The summed E-state index contributed by atoms with van der Waals surface area (Å²) in [6.45, 7) is 7.23. The Labute approximate surface area is 93.2 Å². The monoisotopic (exact) mass is 215 g/mol. The van der Waals surface area contributed by atoms with Crippen molar-refractivity contribution in [2.24, 2.45) is 0 Å². The maximum absolute atomic E-state index is 9.55. The highest BCUT2D eigenvalue weighted by Crippen LogP contribution is 2.22. The van der Waals surface area contributed by atoms with E-state index >= 15 is 0 Å². The Morgan fingerprint density at radius 2 is 1.87 bits per heavy atom. The topological polar surface area (TPSA) is 41.5 Å². The van der Waals surface area contributed by atoms with Crippen molar-refractivity contribution in [3.8, 4) is 0 Å². The number of hydrogen-bond acceptors (Lipinski definition) is 3. The average molecular weight is 215 g/mol. The SMILES string of the molecule is CCNC1CCC(OCC(C)(C)O)CC1. The van der Waals surface area contributed by atoms with Gasteiger partial charge in [0.2, 0.25) is 0 Å². The fourth-order valence-electron chi connectivity index (χ4n) is 2.04. The number of ether oxygens (including phenoxy) is 1. The molecule has 0 spiro atoms. The van der Waals surface area contributed by atoms with E-state index in [1.165, 1.54) is 12.8 Å². The first-order chi connectivity index (χ1) is 7.01. The predicted octanol–water partition coefficient (Wildman–Crippen LogP) is 1.69. The molecular formula is C12H25NO2. The standard InChI is InChI=1S/C12H25NO2/c1-4-13-10-5-7-11(8-6-10)15-9-12(2,3)14/h10-11,13-14H,4-9H2,1-3H3. The molecule has 0 aromatic carbocycles. The third-order valence-electron chi connectivity index (χ3n) is 2.84. The molecule has 1 fully saturated rings. The molecule has 0 bridgehead atoms. The van der Waals surface area contributed by atoms with Crippen LogP contribution in [0.25, 0.3) is 0 Å². The van der Waals surface area contributed by atoms with Gasteiger partial charge in [0.25, 0.3) is 0 Å². The first-order valence-electron chi connectivity index (χ1n) is 6.08. The summed E-state index contributed by atoms with van der Waals surface area (Å²) in [7, 11) is 0. The summed E-state index contributed by atoms with van der Waals surface area (Å²) in [6, 6.07) is 0.678. The van der Waals surface area contributed by atoms with Crippen molar-refractivity contribution in [1.29, 1.82) is 0 Å². The molecule has 15 heavy (non-hydrogen) atoms. The van der Waals surface area contributed by atoms with Crippen LogP contribution in [0.15, 0.2) is 0 Å². The second-order valence-electron chi connectivity index (χ2n) is 5.15. The number of rotatable bonds is 5. The zero-order valence-electron chi connectivity index (χ0n) is 10.3. The molecule has 0 radical (unpaired) electrons. The van der Waals surface area contributed by atoms with E-state index in [0.717, 1.165) is 19.4 Å². The lowest BCUT2D eigenvalue weighted by Crippen LogP contribution is -2.37. The first-order valence-corrected chi connectivity index (χ1v) is 6.08. The molecule has 1 rings (SSSR count). The van der Waals surface area contributed by atoms with E-state index in [0.29, 0.717) is 18.8 Å².